The van der Waals surface area contributed by atoms with Crippen molar-refractivity contribution in [3.05, 3.63) is 23.8 Å². The van der Waals surface area contributed by atoms with E-state index in [4.69, 9.17) is 9.47 Å². The fraction of sp³-hybridized carbons (Fsp3) is 0.778. The third-order valence-corrected chi connectivity index (χ3v) is 8.85. The highest BCUT2D eigenvalue weighted by molar-refractivity contribution is 5.35. The number of hydrogen-bond donors (Lipinski definition) is 0. The van der Waals surface area contributed by atoms with Crippen molar-refractivity contribution in [2.24, 2.45) is 35.5 Å². The molecule has 4 saturated carbocycles. The maximum absolute atomic E-state index is 14.4. The van der Waals surface area contributed by atoms with Crippen LogP contribution in [0.25, 0.3) is 0 Å². The van der Waals surface area contributed by atoms with Crippen molar-refractivity contribution in [3.8, 4) is 11.5 Å². The third-order valence-electron chi connectivity index (χ3n) is 8.85. The smallest absolute Gasteiger partial charge is 0.204 e. The zero-order chi connectivity index (χ0) is 21.2. The van der Waals surface area contributed by atoms with Gasteiger partial charge in [0.2, 0.25) is 11.6 Å². The molecule has 4 aliphatic carbocycles. The Labute approximate surface area is 186 Å². The Balaban J connectivity index is 1.04. The van der Waals surface area contributed by atoms with Gasteiger partial charge in [-0.25, -0.2) is 0 Å². The lowest BCUT2D eigenvalue weighted by Gasteiger charge is -2.42. The zero-order valence-electron chi connectivity index (χ0n) is 18.8. The molecule has 31 heavy (non-hydrogen) atoms. The average Bonchev–Trinajstić information content (AvgIpc) is 3.58. The topological polar surface area (TPSA) is 18.5 Å². The first-order chi connectivity index (χ1) is 15.2. The molecule has 1 aromatic rings. The Morgan fingerprint density at radius 3 is 1.26 bits per heavy atom. The van der Waals surface area contributed by atoms with E-state index in [0.29, 0.717) is 25.0 Å². The first-order valence-electron chi connectivity index (χ1n) is 12.9. The maximum atomic E-state index is 14.4. The van der Waals surface area contributed by atoms with Crippen molar-refractivity contribution < 1.29 is 18.3 Å². The molecule has 172 valence electrons. The number of benzene rings is 1. The highest BCUT2D eigenvalue weighted by Gasteiger charge is 2.35. The molecule has 4 fully saturated rings. The summed E-state index contributed by atoms with van der Waals surface area (Å²) in [6.07, 6.45) is 17.3. The largest absolute Gasteiger partial charge is 0.490 e. The average molecular weight is 433 g/mol. The van der Waals surface area contributed by atoms with E-state index in [1.165, 1.54) is 69.9 Å². The molecule has 0 radical (unpaired) electrons. The van der Waals surface area contributed by atoms with Gasteiger partial charge in [-0.15, -0.1) is 0 Å². The summed E-state index contributed by atoms with van der Waals surface area (Å²) in [5.41, 5.74) is 0. The first-order valence-corrected chi connectivity index (χ1v) is 12.9. The van der Waals surface area contributed by atoms with E-state index < -0.39 is 11.6 Å². The lowest BCUT2D eigenvalue weighted by atomic mass is 9.64. The van der Waals surface area contributed by atoms with Crippen LogP contribution < -0.4 is 9.47 Å². The highest BCUT2D eigenvalue weighted by Crippen LogP contribution is 2.46. The van der Waals surface area contributed by atoms with Crippen LogP contribution in [0.4, 0.5) is 8.78 Å². The molecule has 0 bridgehead atoms. The molecule has 0 unspecified atom stereocenters. The highest BCUT2D eigenvalue weighted by atomic mass is 19.2. The van der Waals surface area contributed by atoms with E-state index in [1.807, 2.05) is 0 Å². The molecule has 0 aliphatic heterocycles. The van der Waals surface area contributed by atoms with Crippen LogP contribution >= 0.6 is 0 Å². The molecule has 0 saturated heterocycles. The van der Waals surface area contributed by atoms with Crippen molar-refractivity contribution in [1.29, 1.82) is 0 Å². The Kier molecular flexibility index (Phi) is 6.71. The van der Waals surface area contributed by atoms with Crippen LogP contribution in [0.3, 0.4) is 0 Å². The number of halogens is 2. The summed E-state index contributed by atoms with van der Waals surface area (Å²) in [6, 6.07) is 3.03. The van der Waals surface area contributed by atoms with Gasteiger partial charge in [-0.05, 0) is 112 Å². The normalized spacial score (nSPS) is 31.8. The summed E-state index contributed by atoms with van der Waals surface area (Å²) in [4.78, 5) is 0. The van der Waals surface area contributed by atoms with E-state index in [1.54, 1.807) is 0 Å². The van der Waals surface area contributed by atoms with Crippen LogP contribution in [0.2, 0.25) is 0 Å². The molecule has 0 heterocycles. The zero-order valence-corrected chi connectivity index (χ0v) is 18.8. The molecule has 2 nitrogen and oxygen atoms in total. The molecule has 0 spiro atoms. The van der Waals surface area contributed by atoms with Crippen LogP contribution in [0, 0.1) is 47.1 Å². The molecule has 0 amide bonds. The van der Waals surface area contributed by atoms with Crippen molar-refractivity contribution in [3.63, 3.8) is 0 Å². The predicted molar refractivity (Wildman–Crippen MR) is 118 cm³/mol. The van der Waals surface area contributed by atoms with Crippen LogP contribution in [0.1, 0.15) is 83.5 Å². The third kappa shape index (κ3) is 5.20. The van der Waals surface area contributed by atoms with Crippen LogP contribution in [0.5, 0.6) is 11.5 Å². The van der Waals surface area contributed by atoms with Gasteiger partial charge < -0.3 is 9.47 Å². The minimum Gasteiger partial charge on any atom is -0.490 e. The molecular weight excluding hydrogens is 394 g/mol. The Hall–Kier alpha value is -1.32. The van der Waals surface area contributed by atoms with E-state index >= 15 is 0 Å². The molecule has 4 heteroatoms. The minimum atomic E-state index is -0.917. The van der Waals surface area contributed by atoms with Gasteiger partial charge >= 0.3 is 0 Å². The second-order valence-corrected chi connectivity index (χ2v) is 10.9. The summed E-state index contributed by atoms with van der Waals surface area (Å²) < 4.78 is 39.8. The Morgan fingerprint density at radius 1 is 0.548 bits per heavy atom. The second-order valence-electron chi connectivity index (χ2n) is 10.9. The van der Waals surface area contributed by atoms with E-state index in [9.17, 15) is 8.78 Å². The molecule has 1 aromatic carbocycles. The maximum Gasteiger partial charge on any atom is 0.204 e. The van der Waals surface area contributed by atoms with Crippen molar-refractivity contribution >= 4 is 0 Å². The fourth-order valence-corrected chi connectivity index (χ4v) is 6.26. The van der Waals surface area contributed by atoms with Gasteiger partial charge in [-0.1, -0.05) is 19.3 Å². The Bertz CT molecular complexity index is 727. The fourth-order valence-electron chi connectivity index (χ4n) is 6.26. The first kappa shape index (κ1) is 21.5. The van der Waals surface area contributed by atoms with E-state index in [2.05, 4.69) is 0 Å². The monoisotopic (exact) mass is 432 g/mol. The number of ether oxygens (including phenoxy) is 2. The summed E-state index contributed by atoms with van der Waals surface area (Å²) in [5, 5.41) is 0. The van der Waals surface area contributed by atoms with Gasteiger partial charge in [0.15, 0.2) is 11.5 Å². The second kappa shape index (κ2) is 9.67. The SMILES string of the molecule is Fc1c(OCC2CC2)ccc(OCC2CCC(C3CCC(C4CCC4)CC3)CC2)c1F. The van der Waals surface area contributed by atoms with Gasteiger partial charge in [0.25, 0.3) is 0 Å². The number of rotatable bonds is 8. The minimum absolute atomic E-state index is 0.00397. The molecule has 0 atom stereocenters. The van der Waals surface area contributed by atoms with Crippen LogP contribution in [0.15, 0.2) is 12.1 Å². The molecule has 5 rings (SSSR count). The van der Waals surface area contributed by atoms with Gasteiger partial charge in [0.05, 0.1) is 13.2 Å². The summed E-state index contributed by atoms with van der Waals surface area (Å²) in [5.74, 6) is 3.03. The van der Waals surface area contributed by atoms with Gasteiger partial charge in [-0.3, -0.25) is 0 Å². The van der Waals surface area contributed by atoms with Crippen molar-refractivity contribution in [2.45, 2.75) is 83.5 Å². The molecule has 0 N–H and O–H groups in total. The predicted octanol–water partition coefficient (Wildman–Crippen LogP) is 7.55. The standard InChI is InChI=1S/C27H38F2O2/c28-26-24(30-16-18-4-5-18)14-15-25(27(26)29)31-17-19-6-8-21(9-7-19)23-12-10-22(11-13-23)20-2-1-3-20/h14-15,18-23H,1-13,16-17H2. The van der Waals surface area contributed by atoms with Crippen molar-refractivity contribution in [1.82, 2.24) is 0 Å². The van der Waals surface area contributed by atoms with Gasteiger partial charge in [0, 0.05) is 0 Å². The van der Waals surface area contributed by atoms with Gasteiger partial charge in [-0.2, -0.15) is 8.78 Å². The van der Waals surface area contributed by atoms with Crippen molar-refractivity contribution in [2.75, 3.05) is 13.2 Å². The molecular formula is C27H38F2O2. The summed E-state index contributed by atoms with van der Waals surface area (Å²) in [7, 11) is 0. The Morgan fingerprint density at radius 2 is 0.903 bits per heavy atom. The van der Waals surface area contributed by atoms with Crippen LogP contribution in [-0.4, -0.2) is 13.2 Å². The molecule has 0 aromatic heterocycles. The number of hydrogen-bond acceptors (Lipinski definition) is 2. The summed E-state index contributed by atoms with van der Waals surface area (Å²) >= 11 is 0. The van der Waals surface area contributed by atoms with E-state index in [-0.39, 0.29) is 11.5 Å². The van der Waals surface area contributed by atoms with Gasteiger partial charge in [0.1, 0.15) is 0 Å². The quantitative estimate of drug-likeness (QED) is 0.422. The summed E-state index contributed by atoms with van der Waals surface area (Å²) in [6.45, 7) is 0.960. The lowest BCUT2D eigenvalue weighted by Crippen LogP contribution is -2.31. The van der Waals surface area contributed by atoms with Crippen LogP contribution in [-0.2, 0) is 0 Å². The lowest BCUT2D eigenvalue weighted by molar-refractivity contribution is 0.0900. The molecule has 4 aliphatic rings. The van der Waals surface area contributed by atoms with E-state index in [0.717, 1.165) is 49.4 Å².